The topological polar surface area (TPSA) is 117 Å². The molecule has 1 aliphatic heterocycles. The minimum absolute atomic E-state index is 0.0609. The zero-order chi connectivity index (χ0) is 20.3. The monoisotopic (exact) mass is 385 g/mol. The van der Waals surface area contributed by atoms with Gasteiger partial charge in [-0.15, -0.1) is 0 Å². The number of carbonyl (C=O) groups excluding carboxylic acids is 2. The molecule has 3 rings (SSSR count). The number of aromatic nitrogens is 2. The van der Waals surface area contributed by atoms with Crippen LogP contribution in [0.5, 0.6) is 11.6 Å². The highest BCUT2D eigenvalue weighted by Crippen LogP contribution is 2.34. The third kappa shape index (κ3) is 3.97. The average Bonchev–Trinajstić information content (AvgIpc) is 2.98. The van der Waals surface area contributed by atoms with Crippen LogP contribution in [0.4, 0.5) is 0 Å². The van der Waals surface area contributed by atoms with Crippen molar-refractivity contribution in [3.05, 3.63) is 41.3 Å². The highest BCUT2D eigenvalue weighted by Gasteiger charge is 2.42. The lowest BCUT2D eigenvalue weighted by molar-refractivity contribution is -0.174. The van der Waals surface area contributed by atoms with Crippen LogP contribution in [0.3, 0.4) is 0 Å². The maximum atomic E-state index is 11.8. The van der Waals surface area contributed by atoms with Crippen LogP contribution in [0.1, 0.15) is 35.0 Å². The van der Waals surface area contributed by atoms with E-state index in [4.69, 9.17) is 14.1 Å². The third-order valence-corrected chi connectivity index (χ3v) is 4.05. The van der Waals surface area contributed by atoms with Gasteiger partial charge in [0.2, 0.25) is 5.88 Å². The van der Waals surface area contributed by atoms with Gasteiger partial charge in [-0.1, -0.05) is 0 Å². The molecule has 2 aromatic rings. The number of ether oxygens (including phenoxy) is 3. The van der Waals surface area contributed by atoms with E-state index in [1.807, 2.05) is 0 Å². The second-order valence-corrected chi connectivity index (χ2v) is 6.04. The van der Waals surface area contributed by atoms with Crippen LogP contribution in [0.15, 0.2) is 24.5 Å². The van der Waals surface area contributed by atoms with Gasteiger partial charge in [0, 0.05) is 5.56 Å². The molecule has 0 saturated carbocycles. The predicted octanol–water partition coefficient (Wildman–Crippen LogP) is 0.737. The summed E-state index contributed by atoms with van der Waals surface area (Å²) < 4.78 is 20.5. The molecule has 1 unspecified atom stereocenters. The number of carbonyl (C=O) groups is 2. The van der Waals surface area contributed by atoms with E-state index in [2.05, 4.69) is 14.7 Å². The Kier molecular flexibility index (Phi) is 5.62. The van der Waals surface area contributed by atoms with Gasteiger partial charge in [-0.3, -0.25) is 4.79 Å². The molecule has 1 aliphatic rings. The molecule has 1 N–H and O–H groups in total. The van der Waals surface area contributed by atoms with Gasteiger partial charge in [-0.25, -0.2) is 14.8 Å². The van der Waals surface area contributed by atoms with Gasteiger partial charge in [0.05, 0.1) is 26.1 Å². The Morgan fingerprint density at radius 3 is 2.71 bits per heavy atom. The van der Waals surface area contributed by atoms with Crippen LogP contribution in [0.2, 0.25) is 0 Å². The van der Waals surface area contributed by atoms with Crippen LogP contribution in [0, 0.1) is 6.92 Å². The number of fused-ring (bicyclic) bond motifs is 1. The Morgan fingerprint density at radius 2 is 2.07 bits per heavy atom. The first-order valence-corrected chi connectivity index (χ1v) is 8.48. The summed E-state index contributed by atoms with van der Waals surface area (Å²) in [5.41, 5.74) is 1.76. The number of aryl methyl sites for hydroxylation is 1. The Balaban J connectivity index is 1.80. The summed E-state index contributed by atoms with van der Waals surface area (Å²) in [5, 5.41) is 10.7. The van der Waals surface area contributed by atoms with Gasteiger partial charge in [-0.2, -0.15) is 0 Å². The van der Waals surface area contributed by atoms with Crippen molar-refractivity contribution >= 4 is 24.9 Å². The molecule has 1 atom stereocenters. The fourth-order valence-electron chi connectivity index (χ4n) is 2.92. The van der Waals surface area contributed by atoms with E-state index in [1.54, 1.807) is 26.0 Å². The van der Waals surface area contributed by atoms with E-state index in [0.29, 0.717) is 22.3 Å². The molecular formula is C18H18BN2O7. The number of hydrogen-bond donors (Lipinski definition) is 1. The van der Waals surface area contributed by atoms with E-state index in [1.165, 1.54) is 27.0 Å². The largest absolute Gasteiger partial charge is 0.466 e. The van der Waals surface area contributed by atoms with E-state index < -0.39 is 17.7 Å². The molecule has 0 amide bonds. The van der Waals surface area contributed by atoms with Crippen molar-refractivity contribution in [2.24, 2.45) is 0 Å². The normalized spacial score (nSPS) is 17.4. The van der Waals surface area contributed by atoms with Crippen molar-refractivity contribution in [1.82, 2.24) is 9.97 Å². The first-order chi connectivity index (χ1) is 13.4. The molecule has 1 aromatic heterocycles. The molecule has 1 radical (unpaired) electrons. The second-order valence-electron chi connectivity index (χ2n) is 6.04. The fourth-order valence-corrected chi connectivity index (χ4v) is 2.92. The number of hydrogen-bond acceptors (Lipinski definition) is 9. The summed E-state index contributed by atoms with van der Waals surface area (Å²) in [6.45, 7) is 3.66. The lowest BCUT2D eigenvalue weighted by atomic mass is 9.83. The van der Waals surface area contributed by atoms with Gasteiger partial charge >= 0.3 is 19.4 Å². The number of rotatable bonds is 6. The van der Waals surface area contributed by atoms with Crippen molar-refractivity contribution in [1.29, 1.82) is 0 Å². The number of esters is 2. The minimum Gasteiger partial charge on any atom is -0.466 e. The fraction of sp³-hybridized carbons (Fsp3) is 0.333. The zero-order valence-electron chi connectivity index (χ0n) is 15.6. The van der Waals surface area contributed by atoms with E-state index in [0.717, 1.165) is 0 Å². The van der Waals surface area contributed by atoms with E-state index >= 15 is 0 Å². The van der Waals surface area contributed by atoms with Gasteiger partial charge in [-0.05, 0) is 37.0 Å². The number of aliphatic hydroxyl groups is 1. The second kappa shape index (κ2) is 7.95. The summed E-state index contributed by atoms with van der Waals surface area (Å²) in [5.74, 6) is -2.34. The van der Waals surface area contributed by atoms with Gasteiger partial charge in [0.25, 0.3) is 0 Å². The lowest BCUT2D eigenvalue weighted by Crippen LogP contribution is -2.31. The first-order valence-electron chi connectivity index (χ1n) is 8.48. The zero-order valence-corrected chi connectivity index (χ0v) is 15.6. The maximum absolute atomic E-state index is 11.8. The van der Waals surface area contributed by atoms with Crippen LogP contribution in [-0.2, 0) is 24.7 Å². The lowest BCUT2D eigenvalue weighted by Gasteiger charge is -2.25. The third-order valence-electron chi connectivity index (χ3n) is 4.05. The Hall–Kier alpha value is -2.98. The van der Waals surface area contributed by atoms with Crippen molar-refractivity contribution in [2.45, 2.75) is 26.1 Å². The molecule has 145 valence electrons. The van der Waals surface area contributed by atoms with Crippen molar-refractivity contribution in [3.8, 4) is 11.6 Å². The summed E-state index contributed by atoms with van der Waals surface area (Å²) in [6, 6.07) is 3.31. The molecule has 10 heteroatoms. The molecule has 28 heavy (non-hydrogen) atoms. The Morgan fingerprint density at radius 1 is 1.29 bits per heavy atom. The van der Waals surface area contributed by atoms with Gasteiger partial charge < -0.3 is 24.0 Å². The SMILES string of the molecule is CCOC(=O)CC1(O)O[B]c2cc(Oc3cnc(C(=O)OC)cn3)cc(C)c21. The first kappa shape index (κ1) is 19.8. The molecule has 0 bridgehead atoms. The highest BCUT2D eigenvalue weighted by atomic mass is 16.6. The molecular weight excluding hydrogens is 367 g/mol. The van der Waals surface area contributed by atoms with Crippen LogP contribution in [-0.4, -0.2) is 48.2 Å². The Bertz CT molecular complexity index is 904. The predicted molar refractivity (Wildman–Crippen MR) is 96.2 cm³/mol. The maximum Gasteiger partial charge on any atom is 0.358 e. The highest BCUT2D eigenvalue weighted by molar-refractivity contribution is 6.49. The van der Waals surface area contributed by atoms with E-state index in [-0.39, 0.29) is 24.6 Å². The number of nitrogens with zero attached hydrogens (tertiary/aromatic N) is 2. The summed E-state index contributed by atoms with van der Waals surface area (Å²) in [7, 11) is 2.61. The molecule has 2 heterocycles. The molecule has 9 nitrogen and oxygen atoms in total. The van der Waals surface area contributed by atoms with Crippen LogP contribution in [0.25, 0.3) is 0 Å². The van der Waals surface area contributed by atoms with E-state index in [9.17, 15) is 14.7 Å². The summed E-state index contributed by atoms with van der Waals surface area (Å²) in [4.78, 5) is 31.1. The van der Waals surface area contributed by atoms with Gasteiger partial charge in [0.15, 0.2) is 11.5 Å². The Labute approximate surface area is 161 Å². The summed E-state index contributed by atoms with van der Waals surface area (Å²) >= 11 is 0. The molecule has 1 aromatic carbocycles. The van der Waals surface area contributed by atoms with Crippen molar-refractivity contribution in [3.63, 3.8) is 0 Å². The number of benzene rings is 1. The minimum atomic E-state index is -1.79. The number of methoxy groups -OCH3 is 1. The quantitative estimate of drug-likeness (QED) is 0.567. The van der Waals surface area contributed by atoms with Crippen molar-refractivity contribution in [2.75, 3.05) is 13.7 Å². The standard InChI is InChI=1S/C18H18BN2O7/c1-4-26-15(22)7-18(24)16-10(2)5-11(6-12(16)19-28-18)27-14-9-20-13(8-21-14)17(23)25-3/h5-6,8-9,24H,4,7H2,1-3H3. The molecule has 0 spiro atoms. The van der Waals surface area contributed by atoms with Crippen LogP contribution >= 0.6 is 0 Å². The smallest absolute Gasteiger partial charge is 0.358 e. The molecule has 0 fully saturated rings. The molecule has 0 aliphatic carbocycles. The molecule has 0 saturated heterocycles. The van der Waals surface area contributed by atoms with Crippen LogP contribution < -0.4 is 10.2 Å². The van der Waals surface area contributed by atoms with Crippen molar-refractivity contribution < 1.29 is 33.6 Å². The van der Waals surface area contributed by atoms with Gasteiger partial charge in [0.1, 0.15) is 12.2 Å². The summed E-state index contributed by atoms with van der Waals surface area (Å²) in [6.07, 6.45) is 2.21. The average molecular weight is 385 g/mol.